The molecule has 0 atom stereocenters. The molecule has 1 fully saturated rings. The van der Waals surface area contributed by atoms with Gasteiger partial charge in [-0.3, -0.25) is 4.79 Å². The average molecular weight is 340 g/mol. The fraction of sp³-hybridized carbons (Fsp3) is 0.812. The molecule has 0 radical (unpaired) electrons. The highest BCUT2D eigenvalue weighted by atomic mass is 32.1. The van der Waals surface area contributed by atoms with Crippen LogP contribution in [0.4, 0.5) is 5.13 Å². The minimum atomic E-state index is -0.318. The Kier molecular flexibility index (Phi) is 5.97. The Hall–Kier alpha value is -1.21. The summed E-state index contributed by atoms with van der Waals surface area (Å²) in [5.41, 5.74) is -0.318. The van der Waals surface area contributed by atoms with Crippen molar-refractivity contribution in [3.8, 4) is 0 Å². The normalized spacial score (nSPS) is 16.7. The molecule has 0 bridgehead atoms. The lowest BCUT2D eigenvalue weighted by molar-refractivity contribution is -0.140. The van der Waals surface area contributed by atoms with Crippen LogP contribution in [0.25, 0.3) is 0 Å². The summed E-state index contributed by atoms with van der Waals surface area (Å²) in [5, 5.41) is 0.986. The van der Waals surface area contributed by atoms with Crippen molar-refractivity contribution in [2.75, 3.05) is 38.8 Å². The summed E-state index contributed by atoms with van der Waals surface area (Å²) in [5.74, 6) is 1.07. The summed E-state index contributed by atoms with van der Waals surface area (Å²) < 4.78 is 9.45. The SMILES string of the molecule is COCCc1nsc(N2CCC(N(C)C(=O)C(C)(C)C)CC2)n1. The lowest BCUT2D eigenvalue weighted by atomic mass is 9.93. The van der Waals surface area contributed by atoms with Gasteiger partial charge in [0.25, 0.3) is 0 Å². The predicted octanol–water partition coefficient (Wildman–Crippen LogP) is 2.20. The van der Waals surface area contributed by atoms with Crippen LogP contribution >= 0.6 is 11.5 Å². The molecule has 23 heavy (non-hydrogen) atoms. The smallest absolute Gasteiger partial charge is 0.227 e. The summed E-state index contributed by atoms with van der Waals surface area (Å²) >= 11 is 1.46. The monoisotopic (exact) mass is 340 g/mol. The summed E-state index contributed by atoms with van der Waals surface area (Å²) in [6.45, 7) is 8.42. The van der Waals surface area contributed by atoms with E-state index >= 15 is 0 Å². The van der Waals surface area contributed by atoms with E-state index in [0.29, 0.717) is 12.6 Å². The molecule has 1 aliphatic heterocycles. The highest BCUT2D eigenvalue weighted by Crippen LogP contribution is 2.26. The van der Waals surface area contributed by atoms with E-state index in [2.05, 4.69) is 14.3 Å². The van der Waals surface area contributed by atoms with Gasteiger partial charge in [-0.2, -0.15) is 4.37 Å². The first-order chi connectivity index (χ1) is 10.8. The van der Waals surface area contributed by atoms with E-state index in [-0.39, 0.29) is 11.3 Å². The Morgan fingerprint density at radius 2 is 2.04 bits per heavy atom. The second-order valence-corrected chi connectivity index (χ2v) is 7.85. The van der Waals surface area contributed by atoms with Crippen molar-refractivity contribution in [1.29, 1.82) is 0 Å². The molecule has 0 aliphatic carbocycles. The fourth-order valence-electron chi connectivity index (χ4n) is 2.81. The summed E-state index contributed by atoms with van der Waals surface area (Å²) in [6.07, 6.45) is 2.71. The van der Waals surface area contributed by atoms with Crippen LogP contribution < -0.4 is 4.90 Å². The molecule has 1 saturated heterocycles. The maximum atomic E-state index is 12.4. The Bertz CT molecular complexity index is 518. The molecule has 1 amide bonds. The van der Waals surface area contributed by atoms with Gasteiger partial charge in [0, 0.05) is 56.7 Å². The highest BCUT2D eigenvalue weighted by molar-refractivity contribution is 7.09. The zero-order chi connectivity index (χ0) is 17.0. The van der Waals surface area contributed by atoms with E-state index in [9.17, 15) is 4.79 Å². The van der Waals surface area contributed by atoms with Crippen LogP contribution in [-0.2, 0) is 16.0 Å². The second-order valence-electron chi connectivity index (χ2n) is 7.12. The third kappa shape index (κ3) is 4.64. The average Bonchev–Trinajstić information content (AvgIpc) is 2.99. The van der Waals surface area contributed by atoms with Crippen LogP contribution in [0.15, 0.2) is 0 Å². The van der Waals surface area contributed by atoms with Crippen LogP contribution in [-0.4, -0.2) is 60.1 Å². The first-order valence-electron chi connectivity index (χ1n) is 8.16. The molecule has 2 rings (SSSR count). The van der Waals surface area contributed by atoms with E-state index in [1.807, 2.05) is 32.7 Å². The Morgan fingerprint density at radius 3 is 2.61 bits per heavy atom. The van der Waals surface area contributed by atoms with Crippen LogP contribution in [0.1, 0.15) is 39.4 Å². The molecule has 6 nitrogen and oxygen atoms in total. The molecule has 0 unspecified atom stereocenters. The van der Waals surface area contributed by atoms with Crippen molar-refractivity contribution in [3.63, 3.8) is 0 Å². The van der Waals surface area contributed by atoms with E-state index < -0.39 is 0 Å². The van der Waals surface area contributed by atoms with E-state index in [4.69, 9.17) is 4.74 Å². The van der Waals surface area contributed by atoms with Gasteiger partial charge in [0.05, 0.1) is 6.61 Å². The van der Waals surface area contributed by atoms with Gasteiger partial charge < -0.3 is 14.5 Å². The minimum absolute atomic E-state index is 0.216. The van der Waals surface area contributed by atoms with Crippen molar-refractivity contribution in [2.45, 2.75) is 46.1 Å². The number of anilines is 1. The van der Waals surface area contributed by atoms with Gasteiger partial charge in [0.2, 0.25) is 11.0 Å². The maximum absolute atomic E-state index is 12.4. The van der Waals surface area contributed by atoms with Crippen molar-refractivity contribution >= 4 is 22.6 Å². The molecule has 7 heteroatoms. The van der Waals surface area contributed by atoms with Crippen molar-refractivity contribution in [3.05, 3.63) is 5.82 Å². The number of amides is 1. The van der Waals surface area contributed by atoms with Gasteiger partial charge in [-0.05, 0) is 12.8 Å². The molecule has 0 N–H and O–H groups in total. The van der Waals surface area contributed by atoms with Gasteiger partial charge in [-0.15, -0.1) is 0 Å². The number of hydrogen-bond acceptors (Lipinski definition) is 6. The maximum Gasteiger partial charge on any atom is 0.227 e. The largest absolute Gasteiger partial charge is 0.384 e. The third-order valence-corrected chi connectivity index (χ3v) is 5.05. The standard InChI is InChI=1S/C16H28N4O2S/c1-16(2,3)14(21)19(4)12-6-9-20(10-7-12)15-17-13(18-23-15)8-11-22-5/h12H,6-11H2,1-5H3. The van der Waals surface area contributed by atoms with Gasteiger partial charge >= 0.3 is 0 Å². The molecule has 0 saturated carbocycles. The number of hydrogen-bond donors (Lipinski definition) is 0. The first-order valence-corrected chi connectivity index (χ1v) is 8.94. The molecular weight excluding hydrogens is 312 g/mol. The van der Waals surface area contributed by atoms with Crippen LogP contribution in [0.3, 0.4) is 0 Å². The molecule has 1 aromatic rings. The zero-order valence-electron chi connectivity index (χ0n) is 14.8. The summed E-state index contributed by atoms with van der Waals surface area (Å²) in [4.78, 5) is 21.2. The van der Waals surface area contributed by atoms with Gasteiger partial charge in [-0.25, -0.2) is 4.98 Å². The molecule has 0 aromatic carbocycles. The summed E-state index contributed by atoms with van der Waals surface area (Å²) in [7, 11) is 3.62. The number of rotatable bonds is 5. The Morgan fingerprint density at radius 1 is 1.39 bits per heavy atom. The lowest BCUT2D eigenvalue weighted by Gasteiger charge is -2.38. The number of piperidine rings is 1. The van der Waals surface area contributed by atoms with Gasteiger partial charge in [-0.1, -0.05) is 20.8 Å². The van der Waals surface area contributed by atoms with Crippen LogP contribution in [0.5, 0.6) is 0 Å². The van der Waals surface area contributed by atoms with Crippen LogP contribution in [0, 0.1) is 5.41 Å². The van der Waals surface area contributed by atoms with E-state index in [1.54, 1.807) is 7.11 Å². The molecule has 1 aromatic heterocycles. The molecule has 0 spiro atoms. The lowest BCUT2D eigenvalue weighted by Crippen LogP contribution is -2.48. The minimum Gasteiger partial charge on any atom is -0.384 e. The van der Waals surface area contributed by atoms with Crippen LogP contribution in [0.2, 0.25) is 0 Å². The number of methoxy groups -OCH3 is 1. The summed E-state index contributed by atoms with van der Waals surface area (Å²) in [6, 6.07) is 0.318. The molecular formula is C16H28N4O2S. The topological polar surface area (TPSA) is 58.6 Å². The van der Waals surface area contributed by atoms with E-state index in [1.165, 1.54) is 11.5 Å². The van der Waals surface area contributed by atoms with Gasteiger partial charge in [0.15, 0.2) is 0 Å². The molecule has 1 aliphatic rings. The van der Waals surface area contributed by atoms with Crippen molar-refractivity contribution in [2.24, 2.45) is 5.41 Å². The first kappa shape index (κ1) is 18.1. The number of carbonyl (C=O) groups excluding carboxylic acids is 1. The Balaban J connectivity index is 1.88. The molecule has 130 valence electrons. The zero-order valence-corrected chi connectivity index (χ0v) is 15.7. The van der Waals surface area contributed by atoms with E-state index in [0.717, 1.165) is 43.3 Å². The highest BCUT2D eigenvalue weighted by Gasteiger charge is 2.32. The quantitative estimate of drug-likeness (QED) is 0.822. The number of nitrogens with zero attached hydrogens (tertiary/aromatic N) is 4. The number of carbonyl (C=O) groups is 1. The van der Waals surface area contributed by atoms with Crippen molar-refractivity contribution in [1.82, 2.24) is 14.3 Å². The van der Waals surface area contributed by atoms with Gasteiger partial charge in [0.1, 0.15) is 5.82 Å². The molecule has 2 heterocycles. The Labute approximate surface area is 143 Å². The number of aromatic nitrogens is 2. The predicted molar refractivity (Wildman–Crippen MR) is 92.9 cm³/mol. The second kappa shape index (κ2) is 7.57. The third-order valence-electron chi connectivity index (χ3n) is 4.23. The van der Waals surface area contributed by atoms with Crippen molar-refractivity contribution < 1.29 is 9.53 Å². The number of ether oxygens (including phenoxy) is 1. The fourth-order valence-corrected chi connectivity index (χ4v) is 3.57.